The van der Waals surface area contributed by atoms with E-state index in [-0.39, 0.29) is 5.75 Å². The molecule has 0 amide bonds. The first-order valence-corrected chi connectivity index (χ1v) is 14.7. The minimum absolute atomic E-state index is 0.272. The van der Waals surface area contributed by atoms with Crippen molar-refractivity contribution in [1.29, 1.82) is 0 Å². The topological polar surface area (TPSA) is 75.6 Å². The van der Waals surface area contributed by atoms with Gasteiger partial charge in [-0.1, -0.05) is 13.8 Å². The Morgan fingerprint density at radius 2 is 1.64 bits per heavy atom. The van der Waals surface area contributed by atoms with Gasteiger partial charge in [0, 0.05) is 51.8 Å². The van der Waals surface area contributed by atoms with Crippen molar-refractivity contribution < 1.29 is 13.2 Å². The van der Waals surface area contributed by atoms with Crippen LogP contribution in [0.1, 0.15) is 64.4 Å². The Kier molecular flexibility index (Phi) is 8.63. The first-order chi connectivity index (χ1) is 16.0. The van der Waals surface area contributed by atoms with Crippen molar-refractivity contribution in [2.24, 2.45) is 23.7 Å². The summed E-state index contributed by atoms with van der Waals surface area (Å²) >= 11 is 0. The van der Waals surface area contributed by atoms with Crippen LogP contribution in [0, 0.1) is 23.7 Å². The van der Waals surface area contributed by atoms with E-state index in [0.717, 1.165) is 63.3 Å². The average molecular weight is 479 g/mol. The molecular formula is C25H42N4O3S. The Morgan fingerprint density at radius 1 is 0.939 bits per heavy atom. The Balaban J connectivity index is 1.14. The van der Waals surface area contributed by atoms with Crippen LogP contribution in [0.2, 0.25) is 0 Å². The maximum Gasteiger partial charge on any atom is 0.225 e. The molecule has 7 nitrogen and oxygen atoms in total. The molecule has 3 heterocycles. The lowest BCUT2D eigenvalue weighted by atomic mass is 9.65. The first kappa shape index (κ1) is 24.9. The van der Waals surface area contributed by atoms with Gasteiger partial charge < -0.3 is 9.64 Å². The number of hydrogen-bond donors (Lipinski definition) is 0. The fraction of sp³-hybridized carbons (Fsp3) is 0.840. The minimum atomic E-state index is -3.05. The van der Waals surface area contributed by atoms with Gasteiger partial charge in [-0.2, -0.15) is 0 Å². The number of aryl methyl sites for hydroxylation is 1. The second-order valence-electron chi connectivity index (χ2n) is 10.3. The van der Waals surface area contributed by atoms with Crippen molar-refractivity contribution in [1.82, 2.24) is 14.3 Å². The van der Waals surface area contributed by atoms with E-state index in [1.54, 1.807) is 4.31 Å². The molecule has 3 aliphatic rings. The zero-order chi connectivity index (χ0) is 23.3. The number of nitrogens with zero attached hydrogens (tertiary/aromatic N) is 4. The minimum Gasteiger partial charge on any atom is -0.381 e. The molecule has 3 fully saturated rings. The van der Waals surface area contributed by atoms with E-state index < -0.39 is 10.0 Å². The van der Waals surface area contributed by atoms with Crippen molar-refractivity contribution in [3.05, 3.63) is 18.0 Å². The third kappa shape index (κ3) is 6.25. The van der Waals surface area contributed by atoms with Gasteiger partial charge in [0.1, 0.15) is 0 Å². The van der Waals surface area contributed by atoms with E-state index in [0.29, 0.717) is 31.3 Å². The summed E-state index contributed by atoms with van der Waals surface area (Å²) in [5.41, 5.74) is 1.19. The van der Waals surface area contributed by atoms with Crippen molar-refractivity contribution in [3.63, 3.8) is 0 Å². The maximum absolute atomic E-state index is 12.2. The molecule has 8 heteroatoms. The van der Waals surface area contributed by atoms with E-state index in [4.69, 9.17) is 4.74 Å². The molecule has 2 atom stereocenters. The van der Waals surface area contributed by atoms with Gasteiger partial charge in [-0.3, -0.25) is 0 Å². The summed E-state index contributed by atoms with van der Waals surface area (Å²) < 4.78 is 32.3. The van der Waals surface area contributed by atoms with E-state index in [2.05, 4.69) is 21.8 Å². The number of piperidine rings is 2. The molecule has 186 valence electrons. The van der Waals surface area contributed by atoms with Gasteiger partial charge in [0.25, 0.3) is 0 Å². The lowest BCUT2D eigenvalue weighted by Gasteiger charge is -2.45. The molecule has 1 saturated carbocycles. The predicted molar refractivity (Wildman–Crippen MR) is 132 cm³/mol. The zero-order valence-electron chi connectivity index (χ0n) is 20.5. The van der Waals surface area contributed by atoms with E-state index in [1.807, 2.05) is 19.3 Å². The molecule has 1 aliphatic carbocycles. The summed E-state index contributed by atoms with van der Waals surface area (Å²) in [7, 11) is -3.05. The zero-order valence-corrected chi connectivity index (χ0v) is 21.3. The van der Waals surface area contributed by atoms with Crippen LogP contribution in [0.25, 0.3) is 0 Å². The summed E-state index contributed by atoms with van der Waals surface area (Å²) in [6.07, 6.45) is 12.5. The number of aromatic nitrogens is 2. The van der Waals surface area contributed by atoms with Crippen molar-refractivity contribution in [2.75, 3.05) is 50.0 Å². The Labute approximate surface area is 200 Å². The number of sulfonamides is 1. The monoisotopic (exact) mass is 478 g/mol. The van der Waals surface area contributed by atoms with E-state index >= 15 is 0 Å². The summed E-state index contributed by atoms with van der Waals surface area (Å²) in [5.74, 6) is 3.95. The molecule has 0 N–H and O–H groups in total. The smallest absolute Gasteiger partial charge is 0.225 e. The second-order valence-corrected chi connectivity index (χ2v) is 12.4. The number of hydrogen-bond acceptors (Lipinski definition) is 6. The van der Waals surface area contributed by atoms with Gasteiger partial charge in [-0.15, -0.1) is 0 Å². The van der Waals surface area contributed by atoms with Gasteiger partial charge >= 0.3 is 0 Å². The fourth-order valence-corrected chi connectivity index (χ4v) is 7.31. The molecule has 2 aliphatic heterocycles. The number of rotatable bonds is 10. The van der Waals surface area contributed by atoms with Crippen LogP contribution in [0.3, 0.4) is 0 Å². The summed E-state index contributed by atoms with van der Waals surface area (Å²) in [6.45, 7) is 9.15. The molecule has 1 aromatic heterocycles. The van der Waals surface area contributed by atoms with Crippen LogP contribution in [-0.2, 0) is 21.2 Å². The number of anilines is 1. The quantitative estimate of drug-likeness (QED) is 0.510. The highest BCUT2D eigenvalue weighted by molar-refractivity contribution is 7.89. The molecular weight excluding hydrogens is 436 g/mol. The number of ether oxygens (including phenoxy) is 1. The standard InChI is InChI=1S/C25H42N4O3S/c1-3-15-33(30,31)29-13-7-21(8-14-29)18-32-19-23-5-6-24(23)22-9-11-28(12-10-22)25-26-16-20(4-2)17-27-25/h16-17,21-24H,3-15,18-19H2,1-2H3. The van der Waals surface area contributed by atoms with E-state index in [1.165, 1.54) is 31.2 Å². The molecule has 4 rings (SSSR count). The molecule has 0 spiro atoms. The summed E-state index contributed by atoms with van der Waals surface area (Å²) in [5, 5.41) is 0. The fourth-order valence-electron chi connectivity index (χ4n) is 5.77. The summed E-state index contributed by atoms with van der Waals surface area (Å²) in [4.78, 5) is 11.5. The molecule has 2 unspecified atom stereocenters. The third-order valence-electron chi connectivity index (χ3n) is 8.12. The highest BCUT2D eigenvalue weighted by Gasteiger charge is 2.38. The van der Waals surface area contributed by atoms with Crippen molar-refractivity contribution in [2.45, 2.75) is 65.2 Å². The van der Waals surface area contributed by atoms with Gasteiger partial charge in [0.15, 0.2) is 0 Å². The molecule has 2 saturated heterocycles. The maximum atomic E-state index is 12.2. The normalized spacial score (nSPS) is 25.8. The van der Waals surface area contributed by atoms with Crippen LogP contribution in [0.15, 0.2) is 12.4 Å². The van der Waals surface area contributed by atoms with Gasteiger partial charge in [0.2, 0.25) is 16.0 Å². The molecule has 0 aromatic carbocycles. The Morgan fingerprint density at radius 3 is 2.21 bits per heavy atom. The Hall–Kier alpha value is -1.25. The van der Waals surface area contributed by atoms with Gasteiger partial charge in [-0.25, -0.2) is 22.7 Å². The van der Waals surface area contributed by atoms with Gasteiger partial charge in [0.05, 0.1) is 5.75 Å². The molecule has 33 heavy (non-hydrogen) atoms. The average Bonchev–Trinajstić information content (AvgIpc) is 2.82. The lowest BCUT2D eigenvalue weighted by Crippen LogP contribution is -2.43. The van der Waals surface area contributed by atoms with Gasteiger partial charge in [-0.05, 0) is 80.6 Å². The van der Waals surface area contributed by atoms with E-state index in [9.17, 15) is 8.42 Å². The second kappa shape index (κ2) is 11.5. The van der Waals surface area contributed by atoms with Crippen LogP contribution < -0.4 is 4.90 Å². The van der Waals surface area contributed by atoms with Crippen LogP contribution in [-0.4, -0.2) is 67.8 Å². The lowest BCUT2D eigenvalue weighted by molar-refractivity contribution is -0.0139. The molecule has 1 aromatic rings. The van der Waals surface area contributed by atoms with Crippen molar-refractivity contribution >= 4 is 16.0 Å². The van der Waals surface area contributed by atoms with Crippen molar-refractivity contribution in [3.8, 4) is 0 Å². The highest BCUT2D eigenvalue weighted by Crippen LogP contribution is 2.44. The predicted octanol–water partition coefficient (Wildman–Crippen LogP) is 3.75. The Bertz CT molecular complexity index is 832. The van der Waals surface area contributed by atoms with Crippen LogP contribution in [0.4, 0.5) is 5.95 Å². The largest absolute Gasteiger partial charge is 0.381 e. The van der Waals surface area contributed by atoms with Crippen LogP contribution >= 0.6 is 0 Å². The summed E-state index contributed by atoms with van der Waals surface area (Å²) in [6, 6.07) is 0. The SMILES string of the molecule is CCCS(=O)(=O)N1CCC(COCC2CCC2C2CCN(c3ncc(CC)cn3)CC2)CC1. The molecule has 0 radical (unpaired) electrons. The van der Waals surface area contributed by atoms with Crippen LogP contribution in [0.5, 0.6) is 0 Å². The highest BCUT2D eigenvalue weighted by atomic mass is 32.2. The third-order valence-corrected chi connectivity index (χ3v) is 10.2. The molecule has 0 bridgehead atoms. The first-order valence-electron chi connectivity index (χ1n) is 13.1.